The third kappa shape index (κ3) is 2.93. The maximum atomic E-state index is 12.3. The summed E-state index contributed by atoms with van der Waals surface area (Å²) in [7, 11) is 0. The molecule has 0 bridgehead atoms. The average Bonchev–Trinajstić information content (AvgIpc) is 2.48. The van der Waals surface area contributed by atoms with Crippen LogP contribution in [-0.2, 0) is 0 Å². The lowest BCUT2D eigenvalue weighted by Crippen LogP contribution is -2.30. The van der Waals surface area contributed by atoms with E-state index in [4.69, 9.17) is 5.73 Å². The summed E-state index contributed by atoms with van der Waals surface area (Å²) in [6.45, 7) is 5.32. The third-order valence-corrected chi connectivity index (χ3v) is 3.11. The lowest BCUT2D eigenvalue weighted by atomic mass is 10.1. The predicted octanol–water partition coefficient (Wildman–Crippen LogP) is 2.21. The molecule has 0 saturated heterocycles. The van der Waals surface area contributed by atoms with Crippen molar-refractivity contribution in [2.75, 3.05) is 18.8 Å². The van der Waals surface area contributed by atoms with Gasteiger partial charge in [-0.25, -0.2) is 4.98 Å². The highest BCUT2D eigenvalue weighted by Crippen LogP contribution is 2.19. The van der Waals surface area contributed by atoms with Crippen LogP contribution in [0.4, 0.5) is 5.82 Å². The van der Waals surface area contributed by atoms with Gasteiger partial charge >= 0.3 is 0 Å². The minimum absolute atomic E-state index is 0.0220. The van der Waals surface area contributed by atoms with E-state index in [-0.39, 0.29) is 5.91 Å². The molecule has 5 heteroatoms. The van der Waals surface area contributed by atoms with Crippen LogP contribution in [0.25, 0.3) is 11.3 Å². The first-order chi connectivity index (χ1) is 9.65. The summed E-state index contributed by atoms with van der Waals surface area (Å²) >= 11 is 0. The van der Waals surface area contributed by atoms with E-state index in [1.165, 1.54) is 6.20 Å². The van der Waals surface area contributed by atoms with Crippen LogP contribution in [0.1, 0.15) is 24.2 Å². The van der Waals surface area contributed by atoms with Gasteiger partial charge in [0.1, 0.15) is 5.82 Å². The first-order valence-electron chi connectivity index (χ1n) is 6.63. The Morgan fingerprint density at radius 1 is 1.25 bits per heavy atom. The molecule has 5 nitrogen and oxygen atoms in total. The second-order valence-corrected chi connectivity index (χ2v) is 4.39. The highest BCUT2D eigenvalue weighted by molar-refractivity contribution is 5.95. The molecule has 104 valence electrons. The molecule has 2 rings (SSSR count). The standard InChI is InChI=1S/C15H18N4O/c1-3-19(4-2)15(20)12-7-5-6-11(8-12)13-9-17-10-14(16)18-13/h5-10H,3-4H2,1-2H3,(H2,16,18). The van der Waals surface area contributed by atoms with Gasteiger partial charge < -0.3 is 10.6 Å². The zero-order valence-corrected chi connectivity index (χ0v) is 11.7. The number of benzene rings is 1. The zero-order chi connectivity index (χ0) is 14.5. The highest BCUT2D eigenvalue weighted by atomic mass is 16.2. The topological polar surface area (TPSA) is 72.1 Å². The van der Waals surface area contributed by atoms with E-state index in [2.05, 4.69) is 9.97 Å². The maximum Gasteiger partial charge on any atom is 0.253 e. The van der Waals surface area contributed by atoms with Crippen LogP contribution in [0.5, 0.6) is 0 Å². The van der Waals surface area contributed by atoms with Crippen molar-refractivity contribution in [3.63, 3.8) is 0 Å². The van der Waals surface area contributed by atoms with Crippen LogP contribution in [0.2, 0.25) is 0 Å². The van der Waals surface area contributed by atoms with Gasteiger partial charge in [-0.1, -0.05) is 12.1 Å². The number of nitrogen functional groups attached to an aromatic ring is 1. The maximum absolute atomic E-state index is 12.3. The summed E-state index contributed by atoms with van der Waals surface area (Å²) in [4.78, 5) is 22.3. The van der Waals surface area contributed by atoms with Crippen molar-refractivity contribution in [2.24, 2.45) is 0 Å². The van der Waals surface area contributed by atoms with Crippen LogP contribution < -0.4 is 5.73 Å². The largest absolute Gasteiger partial charge is 0.382 e. The van der Waals surface area contributed by atoms with Gasteiger partial charge in [-0.3, -0.25) is 9.78 Å². The predicted molar refractivity (Wildman–Crippen MR) is 79.1 cm³/mol. The SMILES string of the molecule is CCN(CC)C(=O)c1cccc(-c2cncc(N)n2)c1. The molecule has 0 spiro atoms. The quantitative estimate of drug-likeness (QED) is 0.924. The molecule has 0 saturated carbocycles. The van der Waals surface area contributed by atoms with E-state index >= 15 is 0 Å². The van der Waals surface area contributed by atoms with Crippen LogP contribution in [0.3, 0.4) is 0 Å². The Balaban J connectivity index is 2.35. The van der Waals surface area contributed by atoms with E-state index in [0.717, 1.165) is 5.56 Å². The molecule has 2 aromatic rings. The number of hydrogen-bond acceptors (Lipinski definition) is 4. The van der Waals surface area contributed by atoms with Gasteiger partial charge in [-0.15, -0.1) is 0 Å². The Kier molecular flexibility index (Phi) is 4.30. The number of hydrogen-bond donors (Lipinski definition) is 1. The molecular weight excluding hydrogens is 252 g/mol. The molecular formula is C15H18N4O. The first kappa shape index (κ1) is 14.0. The van der Waals surface area contributed by atoms with E-state index in [9.17, 15) is 4.79 Å². The van der Waals surface area contributed by atoms with Crippen molar-refractivity contribution in [3.05, 3.63) is 42.2 Å². The summed E-state index contributed by atoms with van der Waals surface area (Å²) < 4.78 is 0. The van der Waals surface area contributed by atoms with Gasteiger partial charge in [0.15, 0.2) is 0 Å². The summed E-state index contributed by atoms with van der Waals surface area (Å²) in [5.41, 5.74) is 7.79. The van der Waals surface area contributed by atoms with Gasteiger partial charge in [0.25, 0.3) is 5.91 Å². The Morgan fingerprint density at radius 2 is 2.00 bits per heavy atom. The molecule has 2 N–H and O–H groups in total. The minimum Gasteiger partial charge on any atom is -0.382 e. The number of carbonyl (C=O) groups excluding carboxylic acids is 1. The van der Waals surface area contributed by atoms with E-state index < -0.39 is 0 Å². The summed E-state index contributed by atoms with van der Waals surface area (Å²) in [5.74, 6) is 0.386. The van der Waals surface area contributed by atoms with Crippen LogP contribution in [-0.4, -0.2) is 33.9 Å². The fraction of sp³-hybridized carbons (Fsp3) is 0.267. The number of amides is 1. The Morgan fingerprint density at radius 3 is 2.65 bits per heavy atom. The molecule has 1 heterocycles. The van der Waals surface area contributed by atoms with Crippen molar-refractivity contribution in [2.45, 2.75) is 13.8 Å². The molecule has 1 amide bonds. The Hall–Kier alpha value is -2.43. The van der Waals surface area contributed by atoms with E-state index in [0.29, 0.717) is 30.2 Å². The van der Waals surface area contributed by atoms with Gasteiger partial charge in [0.2, 0.25) is 0 Å². The van der Waals surface area contributed by atoms with Crippen molar-refractivity contribution in [1.29, 1.82) is 0 Å². The first-order valence-corrected chi connectivity index (χ1v) is 6.63. The lowest BCUT2D eigenvalue weighted by Gasteiger charge is -2.18. The normalized spacial score (nSPS) is 10.3. The van der Waals surface area contributed by atoms with Crippen molar-refractivity contribution < 1.29 is 4.79 Å². The fourth-order valence-electron chi connectivity index (χ4n) is 2.03. The number of rotatable bonds is 4. The lowest BCUT2D eigenvalue weighted by molar-refractivity contribution is 0.0773. The Bertz CT molecular complexity index is 608. The zero-order valence-electron chi connectivity index (χ0n) is 11.7. The fourth-order valence-corrected chi connectivity index (χ4v) is 2.03. The van der Waals surface area contributed by atoms with E-state index in [1.807, 2.05) is 38.1 Å². The highest BCUT2D eigenvalue weighted by Gasteiger charge is 2.13. The van der Waals surface area contributed by atoms with Gasteiger partial charge in [-0.05, 0) is 26.0 Å². The minimum atomic E-state index is 0.0220. The number of anilines is 1. The van der Waals surface area contributed by atoms with Crippen molar-refractivity contribution >= 4 is 11.7 Å². The monoisotopic (exact) mass is 270 g/mol. The molecule has 0 fully saturated rings. The second-order valence-electron chi connectivity index (χ2n) is 4.39. The molecule has 0 aliphatic carbocycles. The molecule has 0 aliphatic rings. The summed E-state index contributed by atoms with van der Waals surface area (Å²) in [5, 5.41) is 0. The van der Waals surface area contributed by atoms with Crippen LogP contribution in [0, 0.1) is 0 Å². The van der Waals surface area contributed by atoms with Crippen molar-refractivity contribution in [1.82, 2.24) is 14.9 Å². The second kappa shape index (κ2) is 6.14. The van der Waals surface area contributed by atoms with Crippen LogP contribution in [0.15, 0.2) is 36.7 Å². The Labute approximate surface area is 118 Å². The molecule has 0 atom stereocenters. The van der Waals surface area contributed by atoms with Gasteiger partial charge in [0.05, 0.1) is 18.1 Å². The molecule has 0 radical (unpaired) electrons. The average molecular weight is 270 g/mol. The number of aromatic nitrogens is 2. The number of nitrogens with two attached hydrogens (primary N) is 1. The smallest absolute Gasteiger partial charge is 0.253 e. The van der Waals surface area contributed by atoms with Gasteiger partial charge in [-0.2, -0.15) is 0 Å². The van der Waals surface area contributed by atoms with Crippen LogP contribution >= 0.6 is 0 Å². The molecule has 0 aliphatic heterocycles. The number of carbonyl (C=O) groups is 1. The summed E-state index contributed by atoms with van der Waals surface area (Å²) in [6, 6.07) is 7.37. The molecule has 1 aromatic carbocycles. The molecule has 1 aromatic heterocycles. The molecule has 20 heavy (non-hydrogen) atoms. The third-order valence-electron chi connectivity index (χ3n) is 3.11. The van der Waals surface area contributed by atoms with Gasteiger partial charge in [0, 0.05) is 24.2 Å². The van der Waals surface area contributed by atoms with Crippen molar-refractivity contribution in [3.8, 4) is 11.3 Å². The molecule has 0 unspecified atom stereocenters. The number of nitrogens with zero attached hydrogens (tertiary/aromatic N) is 3. The summed E-state index contributed by atoms with van der Waals surface area (Å²) in [6.07, 6.45) is 3.13. The van der Waals surface area contributed by atoms with E-state index in [1.54, 1.807) is 11.1 Å².